The van der Waals surface area contributed by atoms with E-state index in [2.05, 4.69) is 10.3 Å². The highest BCUT2D eigenvalue weighted by molar-refractivity contribution is 6.38. The fourth-order valence-corrected chi connectivity index (χ4v) is 2.53. The number of aliphatic carboxylic acids is 1. The van der Waals surface area contributed by atoms with Gasteiger partial charge in [0.25, 0.3) is 5.91 Å². The Labute approximate surface area is 124 Å². The molecule has 1 aromatic carbocycles. The summed E-state index contributed by atoms with van der Waals surface area (Å²) >= 11 is 6.08. The second-order valence-corrected chi connectivity index (χ2v) is 5.65. The van der Waals surface area contributed by atoms with Crippen LogP contribution in [0.15, 0.2) is 18.2 Å². The van der Waals surface area contributed by atoms with Gasteiger partial charge in [0.1, 0.15) is 11.5 Å². The summed E-state index contributed by atoms with van der Waals surface area (Å²) in [6.07, 6.45) is 1.10. The standard InChI is InChI=1S/C14H12ClFN2O3/c15-10-8-5-7(16)1-2-9(8)18-11(10)12(19)17-6-14(3-4-14)13(20)21/h1-2,5,18H,3-4,6H2,(H,17,19)(H,20,21). The van der Waals surface area contributed by atoms with Crippen LogP contribution < -0.4 is 5.32 Å². The van der Waals surface area contributed by atoms with Crippen LogP contribution in [-0.2, 0) is 4.79 Å². The predicted octanol–water partition coefficient (Wildman–Crippen LogP) is 2.55. The Morgan fingerprint density at radius 3 is 2.76 bits per heavy atom. The van der Waals surface area contributed by atoms with Crippen molar-refractivity contribution in [3.63, 3.8) is 0 Å². The number of fused-ring (bicyclic) bond motifs is 1. The number of carbonyl (C=O) groups is 2. The van der Waals surface area contributed by atoms with Crippen LogP contribution in [0.3, 0.4) is 0 Å². The molecule has 1 aliphatic carbocycles. The third kappa shape index (κ3) is 2.35. The smallest absolute Gasteiger partial charge is 0.311 e. The number of aromatic amines is 1. The van der Waals surface area contributed by atoms with E-state index in [1.807, 2.05) is 0 Å². The number of hydrogen-bond acceptors (Lipinski definition) is 2. The lowest BCUT2D eigenvalue weighted by molar-refractivity contribution is -0.143. The summed E-state index contributed by atoms with van der Waals surface area (Å²) < 4.78 is 13.2. The van der Waals surface area contributed by atoms with Crippen molar-refractivity contribution < 1.29 is 19.1 Å². The highest BCUT2D eigenvalue weighted by Gasteiger charge is 2.50. The minimum Gasteiger partial charge on any atom is -0.481 e. The molecule has 21 heavy (non-hydrogen) atoms. The van der Waals surface area contributed by atoms with Gasteiger partial charge in [0.2, 0.25) is 0 Å². The van der Waals surface area contributed by atoms with Crippen molar-refractivity contribution >= 4 is 34.4 Å². The maximum Gasteiger partial charge on any atom is 0.311 e. The van der Waals surface area contributed by atoms with Crippen molar-refractivity contribution in [2.75, 3.05) is 6.54 Å². The quantitative estimate of drug-likeness (QED) is 0.811. The van der Waals surface area contributed by atoms with Crippen molar-refractivity contribution in [3.05, 3.63) is 34.7 Å². The van der Waals surface area contributed by atoms with Crippen molar-refractivity contribution in [2.45, 2.75) is 12.8 Å². The third-order valence-electron chi connectivity index (χ3n) is 3.82. The van der Waals surface area contributed by atoms with Crippen LogP contribution in [0.4, 0.5) is 4.39 Å². The zero-order valence-corrected chi connectivity index (χ0v) is 11.6. The second-order valence-electron chi connectivity index (χ2n) is 5.27. The number of hydrogen-bond donors (Lipinski definition) is 3. The molecule has 0 atom stereocenters. The van der Waals surface area contributed by atoms with Crippen molar-refractivity contribution in [1.82, 2.24) is 10.3 Å². The number of carboxylic acid groups (broad SMARTS) is 1. The monoisotopic (exact) mass is 310 g/mol. The number of benzene rings is 1. The topological polar surface area (TPSA) is 82.2 Å². The molecule has 5 nitrogen and oxygen atoms in total. The van der Waals surface area contributed by atoms with Crippen LogP contribution in [-0.4, -0.2) is 28.5 Å². The number of nitrogens with one attached hydrogen (secondary N) is 2. The van der Waals surface area contributed by atoms with Crippen LogP contribution in [0.2, 0.25) is 5.02 Å². The first-order chi connectivity index (χ1) is 9.93. The Bertz CT molecular complexity index is 752. The lowest BCUT2D eigenvalue weighted by Gasteiger charge is -2.10. The summed E-state index contributed by atoms with van der Waals surface area (Å²) in [6, 6.07) is 4.00. The van der Waals surface area contributed by atoms with Crippen LogP contribution >= 0.6 is 11.6 Å². The number of H-pyrrole nitrogens is 1. The van der Waals surface area contributed by atoms with Crippen LogP contribution in [0, 0.1) is 11.2 Å². The average Bonchev–Trinajstić information content (AvgIpc) is 3.18. The SMILES string of the molecule is O=C(NCC1(C(=O)O)CC1)c1[nH]c2ccc(F)cc2c1Cl. The zero-order valence-electron chi connectivity index (χ0n) is 10.9. The number of carbonyl (C=O) groups excluding carboxylic acids is 1. The highest BCUT2D eigenvalue weighted by Crippen LogP contribution is 2.45. The van der Waals surface area contributed by atoms with E-state index in [1.165, 1.54) is 18.2 Å². The summed E-state index contributed by atoms with van der Waals surface area (Å²) in [7, 11) is 0. The summed E-state index contributed by atoms with van der Waals surface area (Å²) in [5.41, 5.74) is -0.190. The largest absolute Gasteiger partial charge is 0.481 e. The van der Waals surface area contributed by atoms with E-state index >= 15 is 0 Å². The summed E-state index contributed by atoms with van der Waals surface area (Å²) in [4.78, 5) is 26.0. The van der Waals surface area contributed by atoms with Crippen molar-refractivity contribution in [3.8, 4) is 0 Å². The van der Waals surface area contributed by atoms with E-state index in [9.17, 15) is 14.0 Å². The summed E-state index contributed by atoms with van der Waals surface area (Å²) in [6.45, 7) is 0.0568. The average molecular weight is 311 g/mol. The molecule has 1 aromatic heterocycles. The summed E-state index contributed by atoms with van der Waals surface area (Å²) in [5.74, 6) is -1.85. The van der Waals surface area contributed by atoms with E-state index in [4.69, 9.17) is 16.7 Å². The van der Waals surface area contributed by atoms with Crippen LogP contribution in [0.25, 0.3) is 10.9 Å². The molecule has 110 valence electrons. The number of aromatic nitrogens is 1. The Kier molecular flexibility index (Phi) is 3.13. The number of rotatable bonds is 4. The first-order valence-electron chi connectivity index (χ1n) is 6.41. The predicted molar refractivity (Wildman–Crippen MR) is 74.9 cm³/mol. The molecule has 0 aliphatic heterocycles. The minimum atomic E-state index is -0.910. The highest BCUT2D eigenvalue weighted by atomic mass is 35.5. The third-order valence-corrected chi connectivity index (χ3v) is 4.21. The Balaban J connectivity index is 1.82. The zero-order chi connectivity index (χ0) is 15.2. The Morgan fingerprint density at radius 2 is 2.14 bits per heavy atom. The molecule has 0 spiro atoms. The number of amides is 1. The van der Waals surface area contributed by atoms with E-state index in [0.717, 1.165) is 0 Å². The van der Waals surface area contributed by atoms with Gasteiger partial charge in [-0.2, -0.15) is 0 Å². The molecular weight excluding hydrogens is 299 g/mol. The van der Waals surface area contributed by atoms with E-state index < -0.39 is 23.1 Å². The van der Waals surface area contributed by atoms with E-state index in [-0.39, 0.29) is 17.3 Å². The van der Waals surface area contributed by atoms with Gasteiger partial charge in [-0.1, -0.05) is 11.6 Å². The summed E-state index contributed by atoms with van der Waals surface area (Å²) in [5, 5.41) is 12.2. The lowest BCUT2D eigenvalue weighted by atomic mass is 10.1. The van der Waals surface area contributed by atoms with Gasteiger partial charge in [-0.05, 0) is 31.0 Å². The first-order valence-corrected chi connectivity index (χ1v) is 6.79. The van der Waals surface area contributed by atoms with Crippen LogP contribution in [0.5, 0.6) is 0 Å². The molecule has 1 amide bonds. The van der Waals surface area contributed by atoms with Crippen molar-refractivity contribution in [1.29, 1.82) is 0 Å². The van der Waals surface area contributed by atoms with Gasteiger partial charge in [0.15, 0.2) is 0 Å². The second kappa shape index (κ2) is 4.73. The van der Waals surface area contributed by atoms with Crippen molar-refractivity contribution in [2.24, 2.45) is 5.41 Å². The molecule has 1 saturated carbocycles. The van der Waals surface area contributed by atoms with Crippen LogP contribution in [0.1, 0.15) is 23.3 Å². The molecule has 2 aromatic rings. The molecule has 1 fully saturated rings. The molecule has 1 aliphatic rings. The Hall–Kier alpha value is -2.08. The molecule has 0 unspecified atom stereocenters. The molecule has 0 bridgehead atoms. The van der Waals surface area contributed by atoms with Gasteiger partial charge in [-0.15, -0.1) is 0 Å². The maximum absolute atomic E-state index is 13.2. The normalized spacial score (nSPS) is 15.9. The number of carboxylic acids is 1. The molecular formula is C14H12ClFN2O3. The van der Waals surface area contributed by atoms with Gasteiger partial charge >= 0.3 is 5.97 Å². The molecule has 0 radical (unpaired) electrons. The molecule has 7 heteroatoms. The molecule has 3 N–H and O–H groups in total. The van der Waals surface area contributed by atoms with Gasteiger partial charge in [0.05, 0.1) is 10.4 Å². The fraction of sp³-hybridized carbons (Fsp3) is 0.286. The van der Waals surface area contributed by atoms with E-state index in [1.54, 1.807) is 0 Å². The molecule has 0 saturated heterocycles. The molecule has 1 heterocycles. The minimum absolute atomic E-state index is 0.0568. The maximum atomic E-state index is 13.2. The van der Waals surface area contributed by atoms with Gasteiger partial charge < -0.3 is 15.4 Å². The van der Waals surface area contributed by atoms with E-state index in [0.29, 0.717) is 23.7 Å². The van der Waals surface area contributed by atoms with Gasteiger partial charge in [0, 0.05) is 17.4 Å². The first kappa shape index (κ1) is 13.9. The number of halogens is 2. The van der Waals surface area contributed by atoms with Gasteiger partial charge in [-0.25, -0.2) is 4.39 Å². The molecule has 3 rings (SSSR count). The lowest BCUT2D eigenvalue weighted by Crippen LogP contribution is -2.34. The van der Waals surface area contributed by atoms with Gasteiger partial charge in [-0.3, -0.25) is 9.59 Å². The Morgan fingerprint density at radius 1 is 1.43 bits per heavy atom. The fourth-order valence-electron chi connectivity index (χ4n) is 2.24.